The van der Waals surface area contributed by atoms with Crippen molar-refractivity contribution < 1.29 is 19.1 Å². The molecule has 2 amide bonds. The molecule has 6 nitrogen and oxygen atoms in total. The quantitative estimate of drug-likeness (QED) is 0.806. The van der Waals surface area contributed by atoms with Crippen LogP contribution in [0.5, 0.6) is 0 Å². The molecule has 1 aromatic rings. The maximum absolute atomic E-state index is 12.1. The van der Waals surface area contributed by atoms with Crippen LogP contribution in [0.25, 0.3) is 0 Å². The Morgan fingerprint density at radius 3 is 2.52 bits per heavy atom. The number of rotatable bonds is 6. The van der Waals surface area contributed by atoms with E-state index < -0.39 is 17.4 Å². The zero-order valence-electron chi connectivity index (χ0n) is 13.4. The lowest BCUT2D eigenvalue weighted by Crippen LogP contribution is -2.45. The van der Waals surface area contributed by atoms with Gasteiger partial charge < -0.3 is 15.8 Å². The standard InChI is InChI=1S/C17H22N2O4/c1-11-15(13(20)10-23-11)19-14(21)8-9-17(2,16(18)22)12-6-4-3-5-7-12/h3-7,11,15H,8-10H2,1-2H3,(H2,18,22)(H,19,21)/t11-,15-,17-/m0/s1. The number of Topliss-reactive ketones (excluding diaryl/α,β-unsaturated/α-hetero) is 1. The second kappa shape index (κ2) is 6.91. The van der Waals surface area contributed by atoms with Crippen LogP contribution in [0.2, 0.25) is 0 Å². The van der Waals surface area contributed by atoms with Gasteiger partial charge in [-0.15, -0.1) is 0 Å². The van der Waals surface area contributed by atoms with E-state index in [1.54, 1.807) is 13.8 Å². The number of carbonyl (C=O) groups is 3. The molecule has 3 N–H and O–H groups in total. The molecular formula is C17H22N2O4. The van der Waals surface area contributed by atoms with Gasteiger partial charge >= 0.3 is 0 Å². The van der Waals surface area contributed by atoms with Gasteiger partial charge in [0.15, 0.2) is 5.78 Å². The molecule has 23 heavy (non-hydrogen) atoms. The van der Waals surface area contributed by atoms with Crippen LogP contribution in [0.1, 0.15) is 32.3 Å². The molecule has 1 fully saturated rings. The zero-order chi connectivity index (χ0) is 17.0. The SMILES string of the molecule is C[C@@H]1OCC(=O)[C@H]1NC(=O)CC[C@](C)(C(N)=O)c1ccccc1. The summed E-state index contributed by atoms with van der Waals surface area (Å²) in [4.78, 5) is 35.7. The highest BCUT2D eigenvalue weighted by Crippen LogP contribution is 2.28. The molecular weight excluding hydrogens is 296 g/mol. The summed E-state index contributed by atoms with van der Waals surface area (Å²) in [6.45, 7) is 3.49. The number of hydrogen-bond acceptors (Lipinski definition) is 4. The van der Waals surface area contributed by atoms with Gasteiger partial charge in [-0.3, -0.25) is 14.4 Å². The summed E-state index contributed by atoms with van der Waals surface area (Å²) < 4.78 is 5.19. The third-order valence-electron chi connectivity index (χ3n) is 4.43. The van der Waals surface area contributed by atoms with E-state index in [1.807, 2.05) is 30.3 Å². The Morgan fingerprint density at radius 2 is 2.00 bits per heavy atom. The van der Waals surface area contributed by atoms with Gasteiger partial charge in [0, 0.05) is 6.42 Å². The summed E-state index contributed by atoms with van der Waals surface area (Å²) in [5, 5.41) is 2.68. The first-order chi connectivity index (χ1) is 10.8. The van der Waals surface area contributed by atoms with E-state index in [1.165, 1.54) is 0 Å². The minimum atomic E-state index is -0.930. The Kier molecular flexibility index (Phi) is 5.15. The number of primary amides is 1. The average molecular weight is 318 g/mol. The zero-order valence-corrected chi connectivity index (χ0v) is 13.4. The van der Waals surface area contributed by atoms with Crippen molar-refractivity contribution in [3.05, 3.63) is 35.9 Å². The van der Waals surface area contributed by atoms with Crippen molar-refractivity contribution in [1.82, 2.24) is 5.32 Å². The number of benzene rings is 1. The molecule has 0 aromatic heterocycles. The van der Waals surface area contributed by atoms with E-state index in [4.69, 9.17) is 10.5 Å². The molecule has 1 aromatic carbocycles. The van der Waals surface area contributed by atoms with E-state index in [0.717, 1.165) is 5.56 Å². The summed E-state index contributed by atoms with van der Waals surface area (Å²) in [5.74, 6) is -0.902. The molecule has 124 valence electrons. The second-order valence-corrected chi connectivity index (χ2v) is 6.09. The summed E-state index contributed by atoms with van der Waals surface area (Å²) >= 11 is 0. The first-order valence-electron chi connectivity index (χ1n) is 7.63. The van der Waals surface area contributed by atoms with Gasteiger partial charge in [0.05, 0.1) is 11.5 Å². The highest BCUT2D eigenvalue weighted by molar-refractivity contribution is 5.92. The lowest BCUT2D eigenvalue weighted by molar-refractivity contribution is -0.127. The number of hydrogen-bond donors (Lipinski definition) is 2. The topological polar surface area (TPSA) is 98.5 Å². The van der Waals surface area contributed by atoms with E-state index in [0.29, 0.717) is 0 Å². The number of ether oxygens (including phenoxy) is 1. The van der Waals surface area contributed by atoms with Gasteiger partial charge in [-0.1, -0.05) is 30.3 Å². The predicted octanol–water partition coefficient (Wildman–Crippen LogP) is 0.682. The van der Waals surface area contributed by atoms with Crippen LogP contribution in [0, 0.1) is 0 Å². The van der Waals surface area contributed by atoms with Crippen molar-refractivity contribution in [2.45, 2.75) is 44.2 Å². The Balaban J connectivity index is 2.01. The molecule has 6 heteroatoms. The van der Waals surface area contributed by atoms with Crippen LogP contribution < -0.4 is 11.1 Å². The van der Waals surface area contributed by atoms with Crippen molar-refractivity contribution in [2.75, 3.05) is 6.61 Å². The molecule has 1 aliphatic rings. The van der Waals surface area contributed by atoms with E-state index in [-0.39, 0.29) is 37.2 Å². The summed E-state index contributed by atoms with van der Waals surface area (Å²) in [6.07, 6.45) is 0.0437. The van der Waals surface area contributed by atoms with E-state index in [9.17, 15) is 14.4 Å². The minimum absolute atomic E-state index is 0.0229. The fourth-order valence-corrected chi connectivity index (χ4v) is 2.68. The largest absolute Gasteiger partial charge is 0.369 e. The summed E-state index contributed by atoms with van der Waals surface area (Å²) in [5.41, 5.74) is 5.39. The van der Waals surface area contributed by atoms with Crippen molar-refractivity contribution in [3.8, 4) is 0 Å². The van der Waals surface area contributed by atoms with Gasteiger partial charge in [0.25, 0.3) is 0 Å². The summed E-state index contributed by atoms with van der Waals surface area (Å²) in [6, 6.07) is 8.53. The number of amides is 2. The van der Waals surface area contributed by atoms with Crippen LogP contribution in [-0.2, 0) is 24.5 Å². The van der Waals surface area contributed by atoms with Crippen molar-refractivity contribution in [3.63, 3.8) is 0 Å². The van der Waals surface area contributed by atoms with Crippen molar-refractivity contribution >= 4 is 17.6 Å². The molecule has 1 saturated heterocycles. The molecule has 0 unspecified atom stereocenters. The molecule has 1 heterocycles. The third kappa shape index (κ3) is 3.76. The fraction of sp³-hybridized carbons (Fsp3) is 0.471. The maximum Gasteiger partial charge on any atom is 0.227 e. The minimum Gasteiger partial charge on any atom is -0.369 e. The molecule has 1 aliphatic heterocycles. The fourth-order valence-electron chi connectivity index (χ4n) is 2.68. The van der Waals surface area contributed by atoms with Crippen molar-refractivity contribution in [1.29, 1.82) is 0 Å². The van der Waals surface area contributed by atoms with Crippen LogP contribution >= 0.6 is 0 Å². The highest BCUT2D eigenvalue weighted by atomic mass is 16.5. The Morgan fingerprint density at radius 1 is 1.35 bits per heavy atom. The molecule has 0 saturated carbocycles. The van der Waals surface area contributed by atoms with Crippen LogP contribution in [0.3, 0.4) is 0 Å². The van der Waals surface area contributed by atoms with Crippen molar-refractivity contribution in [2.24, 2.45) is 5.73 Å². The van der Waals surface area contributed by atoms with Crippen LogP contribution in [0.4, 0.5) is 0 Å². The number of carbonyl (C=O) groups excluding carboxylic acids is 3. The third-order valence-corrected chi connectivity index (χ3v) is 4.43. The molecule has 2 rings (SSSR count). The molecule has 3 atom stereocenters. The Bertz CT molecular complexity index is 602. The highest BCUT2D eigenvalue weighted by Gasteiger charge is 2.36. The van der Waals surface area contributed by atoms with E-state index in [2.05, 4.69) is 5.32 Å². The Labute approximate surface area is 135 Å². The lowest BCUT2D eigenvalue weighted by atomic mass is 9.78. The molecule has 0 aliphatic carbocycles. The van der Waals surface area contributed by atoms with Crippen LogP contribution in [-0.4, -0.2) is 36.4 Å². The van der Waals surface area contributed by atoms with Crippen LogP contribution in [0.15, 0.2) is 30.3 Å². The predicted molar refractivity (Wildman–Crippen MR) is 84.6 cm³/mol. The van der Waals surface area contributed by atoms with Gasteiger partial charge in [-0.25, -0.2) is 0 Å². The molecule has 0 spiro atoms. The lowest BCUT2D eigenvalue weighted by Gasteiger charge is -2.26. The summed E-state index contributed by atoms with van der Waals surface area (Å²) in [7, 11) is 0. The second-order valence-electron chi connectivity index (χ2n) is 6.09. The number of nitrogens with one attached hydrogen (secondary N) is 1. The normalized spacial score (nSPS) is 23.3. The van der Waals surface area contributed by atoms with Gasteiger partial charge in [0.1, 0.15) is 12.6 Å². The molecule has 0 bridgehead atoms. The molecule has 0 radical (unpaired) electrons. The monoisotopic (exact) mass is 318 g/mol. The van der Waals surface area contributed by atoms with Gasteiger partial charge in [-0.05, 0) is 25.8 Å². The van der Waals surface area contributed by atoms with Gasteiger partial charge in [0.2, 0.25) is 11.8 Å². The first kappa shape index (κ1) is 17.1. The maximum atomic E-state index is 12.1. The Hall–Kier alpha value is -2.21. The number of nitrogens with two attached hydrogens (primary N) is 1. The first-order valence-corrected chi connectivity index (χ1v) is 7.63. The van der Waals surface area contributed by atoms with E-state index >= 15 is 0 Å². The smallest absolute Gasteiger partial charge is 0.227 e. The van der Waals surface area contributed by atoms with Gasteiger partial charge in [-0.2, -0.15) is 0 Å². The number of ketones is 1. The average Bonchev–Trinajstić information content (AvgIpc) is 2.85.